The summed E-state index contributed by atoms with van der Waals surface area (Å²) < 4.78 is 0.907. The van der Waals surface area contributed by atoms with Crippen LogP contribution in [-0.4, -0.2) is 29.0 Å². The highest BCUT2D eigenvalue weighted by atomic mass is 79.9. The number of carbonyl (C=O) groups is 2. The summed E-state index contributed by atoms with van der Waals surface area (Å²) in [6.07, 6.45) is 4.32. The number of hydrogen-bond acceptors (Lipinski definition) is 3. The Balaban J connectivity index is 2.03. The normalized spacial score (nSPS) is 17.8. The molecule has 1 atom stereocenters. The third-order valence-electron chi connectivity index (χ3n) is 3.81. The summed E-state index contributed by atoms with van der Waals surface area (Å²) in [7, 11) is 0. The lowest BCUT2D eigenvalue weighted by molar-refractivity contribution is -0.130. The predicted octanol–water partition coefficient (Wildman–Crippen LogP) is 4.05. The average Bonchev–Trinajstić information content (AvgIpc) is 2.78. The highest BCUT2D eigenvalue weighted by molar-refractivity contribution is 9.10. The highest BCUT2D eigenvalue weighted by Crippen LogP contribution is 2.22. The van der Waals surface area contributed by atoms with Crippen LogP contribution in [0.25, 0.3) is 0 Å². The van der Waals surface area contributed by atoms with Gasteiger partial charge in [0.05, 0.1) is 5.71 Å². The third kappa shape index (κ3) is 3.83. The number of halogens is 1. The van der Waals surface area contributed by atoms with Crippen LogP contribution in [0.4, 0.5) is 0 Å². The van der Waals surface area contributed by atoms with E-state index in [1.807, 2.05) is 12.1 Å². The molecule has 0 N–H and O–H groups in total. The van der Waals surface area contributed by atoms with E-state index in [2.05, 4.69) is 28.0 Å². The topological polar surface area (TPSA) is 49.7 Å². The Bertz CT molecular complexity index is 581. The van der Waals surface area contributed by atoms with Gasteiger partial charge in [-0.05, 0) is 25.5 Å². The van der Waals surface area contributed by atoms with Gasteiger partial charge in [-0.1, -0.05) is 54.2 Å². The second-order valence-electron chi connectivity index (χ2n) is 5.57. The molecule has 118 valence electrons. The van der Waals surface area contributed by atoms with Gasteiger partial charge in [0, 0.05) is 16.6 Å². The second kappa shape index (κ2) is 7.68. The zero-order valence-corrected chi connectivity index (χ0v) is 14.6. The van der Waals surface area contributed by atoms with E-state index >= 15 is 0 Å². The quantitative estimate of drug-likeness (QED) is 0.416. The fourth-order valence-corrected chi connectivity index (χ4v) is 2.82. The van der Waals surface area contributed by atoms with Gasteiger partial charge in [-0.15, -0.1) is 0 Å². The SMILES string of the molecule is CCCCCCN1N=C(C)C(C(=O)c2ccc(Br)cc2)C1=O. The van der Waals surface area contributed by atoms with Crippen LogP contribution in [0.3, 0.4) is 0 Å². The van der Waals surface area contributed by atoms with Crippen LogP contribution >= 0.6 is 15.9 Å². The van der Waals surface area contributed by atoms with E-state index in [0.29, 0.717) is 17.8 Å². The van der Waals surface area contributed by atoms with Crippen molar-refractivity contribution in [3.8, 4) is 0 Å². The molecule has 1 amide bonds. The number of nitrogens with zero attached hydrogens (tertiary/aromatic N) is 2. The van der Waals surface area contributed by atoms with Gasteiger partial charge in [-0.3, -0.25) is 9.59 Å². The largest absolute Gasteiger partial charge is 0.293 e. The molecular weight excluding hydrogens is 344 g/mol. The Labute approximate surface area is 139 Å². The van der Waals surface area contributed by atoms with Gasteiger partial charge in [0.2, 0.25) is 0 Å². The monoisotopic (exact) mass is 364 g/mol. The Morgan fingerprint density at radius 3 is 2.55 bits per heavy atom. The van der Waals surface area contributed by atoms with E-state index in [9.17, 15) is 9.59 Å². The van der Waals surface area contributed by atoms with E-state index in [1.54, 1.807) is 19.1 Å². The zero-order chi connectivity index (χ0) is 16.1. The fraction of sp³-hybridized carbons (Fsp3) is 0.471. The average molecular weight is 365 g/mol. The Morgan fingerprint density at radius 1 is 1.23 bits per heavy atom. The first-order valence-electron chi connectivity index (χ1n) is 7.71. The molecular formula is C17H21BrN2O2. The summed E-state index contributed by atoms with van der Waals surface area (Å²) >= 11 is 3.34. The fourth-order valence-electron chi connectivity index (χ4n) is 2.56. The molecule has 1 unspecified atom stereocenters. The first-order chi connectivity index (χ1) is 10.5. The lowest BCUT2D eigenvalue weighted by atomic mass is 9.94. The minimum absolute atomic E-state index is 0.171. The smallest absolute Gasteiger partial charge is 0.259 e. The Hall–Kier alpha value is -1.49. The van der Waals surface area contributed by atoms with Crippen molar-refractivity contribution in [3.05, 3.63) is 34.3 Å². The van der Waals surface area contributed by atoms with Crippen molar-refractivity contribution >= 4 is 33.3 Å². The van der Waals surface area contributed by atoms with E-state index < -0.39 is 5.92 Å². The van der Waals surface area contributed by atoms with E-state index in [0.717, 1.165) is 30.2 Å². The molecule has 0 radical (unpaired) electrons. The summed E-state index contributed by atoms with van der Waals surface area (Å²) in [5.74, 6) is -1.12. The molecule has 5 heteroatoms. The van der Waals surface area contributed by atoms with Gasteiger partial charge < -0.3 is 0 Å². The van der Waals surface area contributed by atoms with Gasteiger partial charge in [-0.25, -0.2) is 5.01 Å². The van der Waals surface area contributed by atoms with Gasteiger partial charge in [0.15, 0.2) is 5.78 Å². The molecule has 0 spiro atoms. The molecule has 0 saturated carbocycles. The van der Waals surface area contributed by atoms with Gasteiger partial charge in [-0.2, -0.15) is 5.10 Å². The molecule has 1 heterocycles. The number of hydrogen-bond donors (Lipinski definition) is 0. The Morgan fingerprint density at radius 2 is 1.91 bits per heavy atom. The molecule has 0 aromatic heterocycles. The Kier molecular flexibility index (Phi) is 5.89. The van der Waals surface area contributed by atoms with Crippen LogP contribution in [0.2, 0.25) is 0 Å². The summed E-state index contributed by atoms with van der Waals surface area (Å²) in [6, 6.07) is 7.08. The number of benzene rings is 1. The minimum atomic E-state index is -0.757. The zero-order valence-electron chi connectivity index (χ0n) is 13.0. The number of rotatable bonds is 7. The number of hydrazone groups is 1. The van der Waals surface area contributed by atoms with Crippen molar-refractivity contribution in [2.45, 2.75) is 39.5 Å². The molecule has 0 saturated heterocycles. The maximum atomic E-state index is 12.6. The van der Waals surface area contributed by atoms with Crippen molar-refractivity contribution in [3.63, 3.8) is 0 Å². The third-order valence-corrected chi connectivity index (χ3v) is 4.34. The first kappa shape index (κ1) is 16.9. The van der Waals surface area contributed by atoms with Crippen LogP contribution in [-0.2, 0) is 4.79 Å². The van der Waals surface area contributed by atoms with E-state index in [-0.39, 0.29) is 11.7 Å². The summed E-state index contributed by atoms with van der Waals surface area (Å²) in [6.45, 7) is 4.50. The first-order valence-corrected chi connectivity index (χ1v) is 8.50. The summed E-state index contributed by atoms with van der Waals surface area (Å²) in [5, 5.41) is 5.75. The van der Waals surface area contributed by atoms with Gasteiger partial charge in [0.25, 0.3) is 5.91 Å². The summed E-state index contributed by atoms with van der Waals surface area (Å²) in [5.41, 5.74) is 1.14. The molecule has 0 fully saturated rings. The van der Waals surface area contributed by atoms with Crippen molar-refractivity contribution in [1.82, 2.24) is 5.01 Å². The predicted molar refractivity (Wildman–Crippen MR) is 90.9 cm³/mol. The lowest BCUT2D eigenvalue weighted by Gasteiger charge is -2.13. The number of unbranched alkanes of at least 4 members (excludes halogenated alkanes) is 3. The number of amides is 1. The van der Waals surface area contributed by atoms with Crippen LogP contribution in [0, 0.1) is 5.92 Å². The molecule has 4 nitrogen and oxygen atoms in total. The van der Waals surface area contributed by atoms with Crippen molar-refractivity contribution < 1.29 is 9.59 Å². The maximum Gasteiger partial charge on any atom is 0.259 e. The van der Waals surface area contributed by atoms with Crippen LogP contribution in [0.1, 0.15) is 49.9 Å². The lowest BCUT2D eigenvalue weighted by Crippen LogP contribution is -2.33. The molecule has 1 aliphatic rings. The summed E-state index contributed by atoms with van der Waals surface area (Å²) in [4.78, 5) is 25.0. The van der Waals surface area contributed by atoms with Crippen molar-refractivity contribution in [1.29, 1.82) is 0 Å². The second-order valence-corrected chi connectivity index (χ2v) is 6.48. The van der Waals surface area contributed by atoms with Gasteiger partial charge in [0.1, 0.15) is 5.92 Å². The molecule has 22 heavy (non-hydrogen) atoms. The van der Waals surface area contributed by atoms with Crippen molar-refractivity contribution in [2.24, 2.45) is 11.0 Å². The van der Waals surface area contributed by atoms with Gasteiger partial charge >= 0.3 is 0 Å². The number of ketones is 1. The van der Waals surface area contributed by atoms with Crippen LogP contribution < -0.4 is 0 Å². The standard InChI is InChI=1S/C17H21BrN2O2/c1-3-4-5-6-11-20-17(22)15(12(2)19-20)16(21)13-7-9-14(18)10-8-13/h7-10,15H,3-6,11H2,1-2H3. The number of carbonyl (C=O) groups excluding carboxylic acids is 2. The molecule has 1 aromatic rings. The maximum absolute atomic E-state index is 12.6. The van der Waals surface area contributed by atoms with E-state index in [1.165, 1.54) is 5.01 Å². The molecule has 0 aliphatic carbocycles. The van der Waals surface area contributed by atoms with Crippen LogP contribution in [0.15, 0.2) is 33.8 Å². The highest BCUT2D eigenvalue weighted by Gasteiger charge is 2.38. The number of Topliss-reactive ketones (excluding diaryl/α,β-unsaturated/α-hetero) is 1. The van der Waals surface area contributed by atoms with E-state index in [4.69, 9.17) is 0 Å². The molecule has 2 rings (SSSR count). The minimum Gasteiger partial charge on any atom is -0.293 e. The van der Waals surface area contributed by atoms with Crippen molar-refractivity contribution in [2.75, 3.05) is 6.54 Å². The van der Waals surface area contributed by atoms with Crippen LogP contribution in [0.5, 0.6) is 0 Å². The molecule has 1 aliphatic heterocycles. The molecule has 0 bridgehead atoms. The molecule has 1 aromatic carbocycles.